The van der Waals surface area contributed by atoms with Crippen LogP contribution in [0.25, 0.3) is 0 Å². The first-order valence-electron chi connectivity index (χ1n) is 1.62. The fourth-order valence-corrected chi connectivity index (χ4v) is 0. The van der Waals surface area contributed by atoms with Crippen LogP contribution < -0.4 is 5.73 Å². The van der Waals surface area contributed by atoms with E-state index in [1.165, 1.54) is 0 Å². The second-order valence-corrected chi connectivity index (χ2v) is 0.789. The molecule has 0 aromatic heterocycles. The number of rotatable bonds is 1. The molecule has 0 rings (SSSR count). The Labute approximate surface area is 43.9 Å². The Morgan fingerprint density at radius 2 is 1.80 bits per heavy atom. The van der Waals surface area contributed by atoms with Crippen molar-refractivity contribution < 1.29 is 0 Å². The molecule has 0 aliphatic rings. The van der Waals surface area contributed by atoms with Gasteiger partial charge in [0.05, 0.1) is 0 Å². The fourth-order valence-electron chi connectivity index (χ4n) is 0. The van der Waals surface area contributed by atoms with Gasteiger partial charge in [0.2, 0.25) is 0 Å². The molecule has 34 valence electrons. The second kappa shape index (κ2) is 8.82. The SMILES string of the molecule is CCCN.[GeH4]. The predicted molar refractivity (Wildman–Crippen MR) is 30.7 cm³/mol. The van der Waals surface area contributed by atoms with E-state index in [0.717, 1.165) is 13.0 Å². The fraction of sp³-hybridized carbons (Fsp3) is 1.00. The molecule has 0 atom stereocenters. The topological polar surface area (TPSA) is 26.0 Å². The van der Waals surface area contributed by atoms with Gasteiger partial charge in [0.25, 0.3) is 0 Å². The molecule has 0 aliphatic heterocycles. The molecule has 0 aliphatic carbocycles. The third kappa shape index (κ3) is 12.5. The maximum atomic E-state index is 5.03. The standard InChI is InChI=1S/C3H9N.GeH4/c1-2-3-4;/h2-4H2,1H3;1H4. The van der Waals surface area contributed by atoms with Crippen LogP contribution >= 0.6 is 0 Å². The van der Waals surface area contributed by atoms with Gasteiger partial charge in [-0.1, -0.05) is 6.92 Å². The summed E-state index contributed by atoms with van der Waals surface area (Å²) in [5.41, 5.74) is 5.03. The van der Waals surface area contributed by atoms with E-state index in [4.69, 9.17) is 5.73 Å². The molecule has 1 nitrogen and oxygen atoms in total. The summed E-state index contributed by atoms with van der Waals surface area (Å²) in [4.78, 5) is 0. The van der Waals surface area contributed by atoms with Crippen LogP contribution in [0.4, 0.5) is 0 Å². The van der Waals surface area contributed by atoms with Crippen molar-refractivity contribution in [2.45, 2.75) is 13.3 Å². The summed E-state index contributed by atoms with van der Waals surface area (Å²) in [6, 6.07) is 0. The van der Waals surface area contributed by atoms with Gasteiger partial charge in [0.1, 0.15) is 0 Å². The molecule has 0 saturated carbocycles. The Morgan fingerprint density at radius 1 is 1.60 bits per heavy atom. The van der Waals surface area contributed by atoms with Crippen molar-refractivity contribution in [2.24, 2.45) is 5.73 Å². The van der Waals surface area contributed by atoms with Gasteiger partial charge < -0.3 is 5.73 Å². The van der Waals surface area contributed by atoms with Crippen LogP contribution in [0.2, 0.25) is 0 Å². The molecule has 2 N–H and O–H groups in total. The summed E-state index contributed by atoms with van der Waals surface area (Å²) in [5.74, 6) is 0. The Balaban J connectivity index is 0. The van der Waals surface area contributed by atoms with Gasteiger partial charge in [-0.2, -0.15) is 0 Å². The van der Waals surface area contributed by atoms with Crippen molar-refractivity contribution in [2.75, 3.05) is 6.54 Å². The molecule has 0 heterocycles. The van der Waals surface area contributed by atoms with E-state index >= 15 is 0 Å². The molecular weight excluding hydrogens is 123 g/mol. The Hall–Kier alpha value is 0.503. The molecule has 0 amide bonds. The zero-order valence-corrected chi connectivity index (χ0v) is 2.99. The molecule has 5 heavy (non-hydrogen) atoms. The molecule has 0 spiro atoms. The van der Waals surface area contributed by atoms with Gasteiger partial charge in [-0.15, -0.1) is 0 Å². The zero-order chi connectivity index (χ0) is 3.41. The van der Waals surface area contributed by atoms with Crippen LogP contribution in [-0.2, 0) is 0 Å². The van der Waals surface area contributed by atoms with Crippen molar-refractivity contribution in [3.8, 4) is 0 Å². The minimum absolute atomic E-state index is 0. The van der Waals surface area contributed by atoms with E-state index in [0.29, 0.717) is 0 Å². The minimum atomic E-state index is 0. The quantitative estimate of drug-likeness (QED) is 0.455. The van der Waals surface area contributed by atoms with Crippen molar-refractivity contribution >= 4 is 17.6 Å². The molecule has 0 unspecified atom stereocenters. The molecule has 2 heteroatoms. The normalized spacial score (nSPS) is 6.00. The van der Waals surface area contributed by atoms with Gasteiger partial charge in [-0.05, 0) is 13.0 Å². The summed E-state index contributed by atoms with van der Waals surface area (Å²) in [7, 11) is 0. The zero-order valence-electron chi connectivity index (χ0n) is 2.99. The molecule has 0 fully saturated rings. The second-order valence-electron chi connectivity index (χ2n) is 0.789. The summed E-state index contributed by atoms with van der Waals surface area (Å²) >= 11 is 0. The van der Waals surface area contributed by atoms with E-state index in [1.807, 2.05) is 0 Å². The first-order valence-corrected chi connectivity index (χ1v) is 1.62. The summed E-state index contributed by atoms with van der Waals surface area (Å²) < 4.78 is 0. The average molecular weight is 136 g/mol. The summed E-state index contributed by atoms with van der Waals surface area (Å²) in [6.07, 6.45) is 1.10. The molecule has 0 radical (unpaired) electrons. The number of hydrogen-bond acceptors (Lipinski definition) is 1. The van der Waals surface area contributed by atoms with Gasteiger partial charge in [-0.3, -0.25) is 0 Å². The van der Waals surface area contributed by atoms with Crippen molar-refractivity contribution in [1.82, 2.24) is 0 Å². The van der Waals surface area contributed by atoms with Crippen LogP contribution in [0.5, 0.6) is 0 Å². The monoisotopic (exact) mass is 137 g/mol. The van der Waals surface area contributed by atoms with Crippen LogP contribution in [0.15, 0.2) is 0 Å². The Bertz CT molecular complexity index is 8.85. The average Bonchev–Trinajstić information content (AvgIpc) is 1.37. The Morgan fingerprint density at radius 3 is 1.80 bits per heavy atom. The molecule has 0 aromatic carbocycles. The first-order chi connectivity index (χ1) is 1.91. The van der Waals surface area contributed by atoms with Gasteiger partial charge in [-0.25, -0.2) is 0 Å². The van der Waals surface area contributed by atoms with Crippen LogP contribution in [0.1, 0.15) is 13.3 Å². The number of hydrogen-bond donors (Lipinski definition) is 1. The molecular formula is C3H13GeN. The van der Waals surface area contributed by atoms with Crippen LogP contribution in [-0.4, -0.2) is 24.1 Å². The number of nitrogens with two attached hydrogens (primary N) is 1. The third-order valence-corrected chi connectivity index (χ3v) is 0.289. The van der Waals surface area contributed by atoms with Gasteiger partial charge >= 0.3 is 17.6 Å². The van der Waals surface area contributed by atoms with E-state index in [9.17, 15) is 0 Å². The van der Waals surface area contributed by atoms with Crippen molar-refractivity contribution in [3.05, 3.63) is 0 Å². The predicted octanol–water partition coefficient (Wildman–Crippen LogP) is -1.10. The van der Waals surface area contributed by atoms with E-state index in [2.05, 4.69) is 6.92 Å². The maximum absolute atomic E-state index is 5.03. The van der Waals surface area contributed by atoms with Crippen molar-refractivity contribution in [1.29, 1.82) is 0 Å². The van der Waals surface area contributed by atoms with Crippen LogP contribution in [0, 0.1) is 0 Å². The van der Waals surface area contributed by atoms with E-state index in [1.54, 1.807) is 0 Å². The molecule has 0 bridgehead atoms. The van der Waals surface area contributed by atoms with E-state index < -0.39 is 0 Å². The van der Waals surface area contributed by atoms with Gasteiger partial charge in [0, 0.05) is 0 Å². The van der Waals surface area contributed by atoms with Gasteiger partial charge in [0.15, 0.2) is 0 Å². The van der Waals surface area contributed by atoms with E-state index in [-0.39, 0.29) is 17.6 Å². The summed E-state index contributed by atoms with van der Waals surface area (Å²) in [5, 5.41) is 0. The third-order valence-electron chi connectivity index (χ3n) is 0.289. The van der Waals surface area contributed by atoms with Crippen molar-refractivity contribution in [3.63, 3.8) is 0 Å². The molecule has 0 saturated heterocycles. The first kappa shape index (κ1) is 9.09. The molecule has 0 aromatic rings. The summed E-state index contributed by atoms with van der Waals surface area (Å²) in [6.45, 7) is 2.88. The van der Waals surface area contributed by atoms with Crippen LogP contribution in [0.3, 0.4) is 0 Å². The Kier molecular flexibility index (Phi) is 16.0.